The molecule has 0 aliphatic carbocycles. The van der Waals surface area contributed by atoms with E-state index in [1.165, 1.54) is 9.75 Å². The summed E-state index contributed by atoms with van der Waals surface area (Å²) in [6.45, 7) is 7.58. The lowest BCUT2D eigenvalue weighted by atomic mass is 9.95. The van der Waals surface area contributed by atoms with E-state index >= 15 is 0 Å². The number of hydrogen-bond donors (Lipinski definition) is 3. The van der Waals surface area contributed by atoms with Gasteiger partial charge in [0.05, 0.1) is 6.61 Å². The molecule has 124 valence electrons. The molecular formula is C18H24N2O2S. The van der Waals surface area contributed by atoms with E-state index in [0.29, 0.717) is 5.56 Å². The van der Waals surface area contributed by atoms with Gasteiger partial charge in [-0.25, -0.2) is 0 Å². The van der Waals surface area contributed by atoms with Crippen LogP contribution < -0.4 is 10.6 Å². The molecule has 0 aliphatic rings. The summed E-state index contributed by atoms with van der Waals surface area (Å²) in [4.78, 5) is 14.5. The van der Waals surface area contributed by atoms with Gasteiger partial charge >= 0.3 is 0 Å². The van der Waals surface area contributed by atoms with Crippen molar-refractivity contribution in [3.63, 3.8) is 0 Å². The number of carbonyl (C=O) groups is 1. The Kier molecular flexibility index (Phi) is 5.80. The zero-order chi connectivity index (χ0) is 16.9. The SMILES string of the molecule is CC(C)(C)c1ccc(CNc2cccc(C(=O)NCCO)c2)s1. The minimum absolute atomic E-state index is 0.0574. The molecule has 0 saturated carbocycles. The van der Waals surface area contributed by atoms with E-state index in [2.05, 4.69) is 43.5 Å². The van der Waals surface area contributed by atoms with Gasteiger partial charge in [-0.2, -0.15) is 0 Å². The summed E-state index contributed by atoms with van der Waals surface area (Å²) in [6.07, 6.45) is 0. The molecule has 2 aromatic rings. The summed E-state index contributed by atoms with van der Waals surface area (Å²) >= 11 is 1.81. The first-order valence-electron chi connectivity index (χ1n) is 7.72. The van der Waals surface area contributed by atoms with Gasteiger partial charge in [0.25, 0.3) is 5.91 Å². The first-order valence-corrected chi connectivity index (χ1v) is 8.54. The molecule has 1 amide bonds. The van der Waals surface area contributed by atoms with E-state index in [0.717, 1.165) is 12.2 Å². The van der Waals surface area contributed by atoms with Crippen LogP contribution in [0.3, 0.4) is 0 Å². The van der Waals surface area contributed by atoms with Crippen molar-refractivity contribution in [2.75, 3.05) is 18.5 Å². The number of rotatable bonds is 6. The van der Waals surface area contributed by atoms with Gasteiger partial charge in [-0.1, -0.05) is 26.8 Å². The quantitative estimate of drug-likeness (QED) is 0.760. The molecule has 5 heteroatoms. The molecule has 4 nitrogen and oxygen atoms in total. The number of amides is 1. The first-order chi connectivity index (χ1) is 10.9. The van der Waals surface area contributed by atoms with Crippen molar-refractivity contribution in [3.05, 3.63) is 51.7 Å². The average Bonchev–Trinajstić information content (AvgIpc) is 3.00. The van der Waals surface area contributed by atoms with Crippen LogP contribution in [0.25, 0.3) is 0 Å². The lowest BCUT2D eigenvalue weighted by Crippen LogP contribution is -2.26. The van der Waals surface area contributed by atoms with E-state index < -0.39 is 0 Å². The van der Waals surface area contributed by atoms with E-state index in [-0.39, 0.29) is 24.5 Å². The molecule has 1 heterocycles. The zero-order valence-corrected chi connectivity index (χ0v) is 14.7. The number of anilines is 1. The van der Waals surface area contributed by atoms with Crippen LogP contribution in [0.15, 0.2) is 36.4 Å². The second-order valence-electron chi connectivity index (χ2n) is 6.43. The standard InChI is InChI=1S/C18H24N2O2S/c1-18(2,3)16-8-7-15(23-16)12-20-14-6-4-5-13(11-14)17(22)19-9-10-21/h4-8,11,20-21H,9-10,12H2,1-3H3,(H,19,22). The van der Waals surface area contributed by atoms with Crippen molar-refractivity contribution in [3.8, 4) is 0 Å². The fourth-order valence-corrected chi connectivity index (χ4v) is 3.11. The number of nitrogens with one attached hydrogen (secondary N) is 2. The third kappa shape index (κ3) is 5.08. The summed E-state index contributed by atoms with van der Waals surface area (Å²) in [5.74, 6) is -0.172. The van der Waals surface area contributed by atoms with Crippen LogP contribution in [0.4, 0.5) is 5.69 Å². The Balaban J connectivity index is 1.98. The van der Waals surface area contributed by atoms with Gasteiger partial charge in [0.1, 0.15) is 0 Å². The van der Waals surface area contributed by atoms with Crippen LogP contribution in [0.2, 0.25) is 0 Å². The van der Waals surface area contributed by atoms with Gasteiger partial charge in [-0.05, 0) is 35.7 Å². The van der Waals surface area contributed by atoms with Crippen LogP contribution in [0.1, 0.15) is 40.9 Å². The maximum absolute atomic E-state index is 11.9. The maximum Gasteiger partial charge on any atom is 0.251 e. The Hall–Kier alpha value is -1.85. The number of aliphatic hydroxyl groups is 1. The topological polar surface area (TPSA) is 61.4 Å². The van der Waals surface area contributed by atoms with Crippen LogP contribution in [0.5, 0.6) is 0 Å². The molecule has 0 aliphatic heterocycles. The molecule has 0 radical (unpaired) electrons. The molecule has 2 rings (SSSR count). The van der Waals surface area contributed by atoms with E-state index in [4.69, 9.17) is 5.11 Å². The molecular weight excluding hydrogens is 308 g/mol. The third-order valence-corrected chi connectivity index (χ3v) is 4.90. The Morgan fingerprint density at radius 2 is 2.00 bits per heavy atom. The Bertz CT molecular complexity index is 659. The summed E-state index contributed by atoms with van der Waals surface area (Å²) < 4.78 is 0. The van der Waals surface area contributed by atoms with E-state index in [9.17, 15) is 4.79 Å². The number of aliphatic hydroxyl groups excluding tert-OH is 1. The fraction of sp³-hybridized carbons (Fsp3) is 0.389. The first kappa shape index (κ1) is 17.5. The summed E-state index contributed by atoms with van der Waals surface area (Å²) in [5, 5.41) is 14.8. The van der Waals surface area contributed by atoms with Gasteiger partial charge in [-0.3, -0.25) is 4.79 Å². The highest BCUT2D eigenvalue weighted by Crippen LogP contribution is 2.29. The average molecular weight is 332 g/mol. The maximum atomic E-state index is 11.9. The summed E-state index contributed by atoms with van der Waals surface area (Å²) in [7, 11) is 0. The summed E-state index contributed by atoms with van der Waals surface area (Å²) in [6, 6.07) is 11.7. The number of carbonyl (C=O) groups excluding carboxylic acids is 1. The molecule has 0 fully saturated rings. The van der Waals surface area contributed by atoms with Crippen LogP contribution in [0, 0.1) is 0 Å². The predicted molar refractivity (Wildman–Crippen MR) is 96.2 cm³/mol. The highest BCUT2D eigenvalue weighted by atomic mass is 32.1. The molecule has 0 atom stereocenters. The Morgan fingerprint density at radius 3 is 2.65 bits per heavy atom. The second-order valence-corrected chi connectivity index (χ2v) is 7.60. The number of thiophene rings is 1. The molecule has 3 N–H and O–H groups in total. The molecule has 1 aromatic carbocycles. The van der Waals surface area contributed by atoms with Crippen LogP contribution in [-0.4, -0.2) is 24.2 Å². The smallest absolute Gasteiger partial charge is 0.251 e. The van der Waals surface area contributed by atoms with Crippen molar-refractivity contribution in [2.24, 2.45) is 0 Å². The van der Waals surface area contributed by atoms with Crippen LogP contribution in [-0.2, 0) is 12.0 Å². The van der Waals surface area contributed by atoms with Crippen molar-refractivity contribution in [2.45, 2.75) is 32.7 Å². The molecule has 0 bridgehead atoms. The largest absolute Gasteiger partial charge is 0.395 e. The van der Waals surface area contributed by atoms with Gasteiger partial charge in [0.2, 0.25) is 0 Å². The van der Waals surface area contributed by atoms with Crippen molar-refractivity contribution in [1.29, 1.82) is 0 Å². The lowest BCUT2D eigenvalue weighted by molar-refractivity contribution is 0.0945. The minimum atomic E-state index is -0.172. The number of benzene rings is 1. The molecule has 23 heavy (non-hydrogen) atoms. The van der Waals surface area contributed by atoms with Crippen LogP contribution >= 0.6 is 11.3 Å². The zero-order valence-electron chi connectivity index (χ0n) is 13.8. The Morgan fingerprint density at radius 1 is 1.22 bits per heavy atom. The predicted octanol–water partition coefficient (Wildman–Crippen LogP) is 3.38. The minimum Gasteiger partial charge on any atom is -0.395 e. The third-order valence-electron chi connectivity index (χ3n) is 3.39. The molecule has 0 unspecified atom stereocenters. The van der Waals surface area contributed by atoms with Crippen molar-refractivity contribution < 1.29 is 9.90 Å². The number of hydrogen-bond acceptors (Lipinski definition) is 4. The second kappa shape index (κ2) is 7.62. The molecule has 1 aromatic heterocycles. The molecule has 0 saturated heterocycles. The normalized spacial score (nSPS) is 11.3. The van der Waals surface area contributed by atoms with Gasteiger partial charge in [0, 0.05) is 34.1 Å². The van der Waals surface area contributed by atoms with Crippen molar-refractivity contribution in [1.82, 2.24) is 5.32 Å². The lowest BCUT2D eigenvalue weighted by Gasteiger charge is -2.15. The van der Waals surface area contributed by atoms with Gasteiger partial charge in [0.15, 0.2) is 0 Å². The summed E-state index contributed by atoms with van der Waals surface area (Å²) in [5.41, 5.74) is 1.67. The highest BCUT2D eigenvalue weighted by Gasteiger charge is 2.15. The molecule has 0 spiro atoms. The fourth-order valence-electron chi connectivity index (χ4n) is 2.11. The van der Waals surface area contributed by atoms with E-state index in [1.807, 2.05) is 29.5 Å². The van der Waals surface area contributed by atoms with Gasteiger partial charge in [-0.15, -0.1) is 11.3 Å². The monoisotopic (exact) mass is 332 g/mol. The Labute approximate surface area is 141 Å². The van der Waals surface area contributed by atoms with Gasteiger partial charge < -0.3 is 15.7 Å². The van der Waals surface area contributed by atoms with Crippen molar-refractivity contribution >= 4 is 22.9 Å². The highest BCUT2D eigenvalue weighted by molar-refractivity contribution is 7.12. The van der Waals surface area contributed by atoms with E-state index in [1.54, 1.807) is 6.07 Å².